The summed E-state index contributed by atoms with van der Waals surface area (Å²) in [7, 11) is 6.00. The average molecular weight is 216 g/mol. The minimum Gasteiger partial charge on any atom is -0.478 e. The van der Waals surface area contributed by atoms with Gasteiger partial charge in [0.2, 0.25) is 0 Å². The van der Waals surface area contributed by atoms with Gasteiger partial charge in [0.1, 0.15) is 5.75 Å². The lowest BCUT2D eigenvalue weighted by Crippen LogP contribution is -1.99. The summed E-state index contributed by atoms with van der Waals surface area (Å²) >= 11 is 5.35. The zero-order valence-corrected chi connectivity index (χ0v) is 10.0. The summed E-state index contributed by atoms with van der Waals surface area (Å²) in [6, 6.07) is 7.99. The number of halogens is 1. The maximum Gasteiger partial charge on any atom is 0.162 e. The number of benzene rings is 1. The standard InChI is InChI=1S/C8H9ClO.C3H9N/c1-7-2-4-8(5-3-7)10-6-9;1-4(2)3/h2-5H,6H2,1H3;1-3H3. The lowest BCUT2D eigenvalue weighted by atomic mass is 10.2. The number of ether oxygens (including phenoxy) is 1. The van der Waals surface area contributed by atoms with E-state index in [1.54, 1.807) is 0 Å². The van der Waals surface area contributed by atoms with Crippen LogP contribution in [-0.2, 0) is 0 Å². The molecule has 0 spiro atoms. The third-order valence-electron chi connectivity index (χ3n) is 1.24. The number of aryl methyl sites for hydroxylation is 1. The van der Waals surface area contributed by atoms with Gasteiger partial charge in [-0.2, -0.15) is 0 Å². The molecule has 0 heterocycles. The van der Waals surface area contributed by atoms with E-state index < -0.39 is 0 Å². The Morgan fingerprint density at radius 2 is 1.57 bits per heavy atom. The number of hydrogen-bond donors (Lipinski definition) is 0. The molecular weight excluding hydrogens is 198 g/mol. The molecule has 3 heteroatoms. The Labute approximate surface area is 91.4 Å². The van der Waals surface area contributed by atoms with Gasteiger partial charge in [0.25, 0.3) is 0 Å². The molecule has 1 aromatic carbocycles. The summed E-state index contributed by atoms with van der Waals surface area (Å²) in [6.45, 7) is 2.03. The summed E-state index contributed by atoms with van der Waals surface area (Å²) in [5.41, 5.74) is 1.22. The number of nitrogens with zero attached hydrogens (tertiary/aromatic N) is 1. The molecule has 0 aliphatic rings. The fraction of sp³-hybridized carbons (Fsp3) is 0.455. The van der Waals surface area contributed by atoms with E-state index in [0.29, 0.717) is 0 Å². The Morgan fingerprint density at radius 3 is 1.93 bits per heavy atom. The van der Waals surface area contributed by atoms with Crippen LogP contribution < -0.4 is 4.74 Å². The number of rotatable bonds is 2. The fourth-order valence-electron chi connectivity index (χ4n) is 0.697. The van der Waals surface area contributed by atoms with E-state index >= 15 is 0 Å². The van der Waals surface area contributed by atoms with E-state index in [1.807, 2.05) is 57.2 Å². The van der Waals surface area contributed by atoms with Crippen molar-refractivity contribution in [3.05, 3.63) is 29.8 Å². The molecule has 2 nitrogen and oxygen atoms in total. The van der Waals surface area contributed by atoms with Crippen LogP contribution in [0.1, 0.15) is 5.56 Å². The van der Waals surface area contributed by atoms with Crippen LogP contribution in [0.25, 0.3) is 0 Å². The molecule has 0 fully saturated rings. The van der Waals surface area contributed by atoms with Crippen LogP contribution in [0.5, 0.6) is 5.75 Å². The topological polar surface area (TPSA) is 12.5 Å². The summed E-state index contributed by atoms with van der Waals surface area (Å²) < 4.78 is 5.03. The molecule has 80 valence electrons. The molecule has 0 radical (unpaired) electrons. The van der Waals surface area contributed by atoms with E-state index in [4.69, 9.17) is 16.3 Å². The zero-order valence-electron chi connectivity index (χ0n) is 9.25. The smallest absolute Gasteiger partial charge is 0.162 e. The van der Waals surface area contributed by atoms with Crippen molar-refractivity contribution in [1.82, 2.24) is 4.90 Å². The second-order valence-corrected chi connectivity index (χ2v) is 3.63. The van der Waals surface area contributed by atoms with Crippen LogP contribution in [0.15, 0.2) is 24.3 Å². The maximum absolute atomic E-state index is 5.35. The van der Waals surface area contributed by atoms with Gasteiger partial charge in [-0.3, -0.25) is 0 Å². The molecule has 14 heavy (non-hydrogen) atoms. The van der Waals surface area contributed by atoms with Crippen molar-refractivity contribution in [2.24, 2.45) is 0 Å². The summed E-state index contributed by atoms with van der Waals surface area (Å²) in [5.74, 6) is 0.820. The van der Waals surface area contributed by atoms with Gasteiger partial charge in [0, 0.05) is 0 Å². The lowest BCUT2D eigenvalue weighted by Gasteiger charge is -1.99. The number of hydrogen-bond acceptors (Lipinski definition) is 2. The van der Waals surface area contributed by atoms with E-state index in [0.717, 1.165) is 5.75 Å². The molecule has 0 saturated heterocycles. The zero-order chi connectivity index (χ0) is 11.0. The van der Waals surface area contributed by atoms with Crippen LogP contribution >= 0.6 is 11.6 Å². The van der Waals surface area contributed by atoms with Crippen molar-refractivity contribution in [3.8, 4) is 5.75 Å². The molecular formula is C11H18ClNO. The van der Waals surface area contributed by atoms with Crippen LogP contribution in [0.2, 0.25) is 0 Å². The van der Waals surface area contributed by atoms with Gasteiger partial charge in [-0.05, 0) is 40.2 Å². The lowest BCUT2D eigenvalue weighted by molar-refractivity contribution is 0.388. The molecule has 0 bridgehead atoms. The number of alkyl halides is 1. The van der Waals surface area contributed by atoms with Crippen molar-refractivity contribution >= 4 is 11.6 Å². The first-order valence-electron chi connectivity index (χ1n) is 4.42. The van der Waals surface area contributed by atoms with E-state index in [2.05, 4.69) is 0 Å². The average Bonchev–Trinajstić information content (AvgIpc) is 2.08. The first-order chi connectivity index (χ1) is 6.56. The third kappa shape index (κ3) is 7.90. The van der Waals surface area contributed by atoms with Gasteiger partial charge < -0.3 is 9.64 Å². The van der Waals surface area contributed by atoms with Gasteiger partial charge in [-0.15, -0.1) is 0 Å². The molecule has 1 aromatic rings. The predicted octanol–water partition coefficient (Wildman–Crippen LogP) is 2.75. The van der Waals surface area contributed by atoms with Crippen molar-refractivity contribution in [3.63, 3.8) is 0 Å². The minimum absolute atomic E-state index is 0.211. The quantitative estimate of drug-likeness (QED) is 0.704. The van der Waals surface area contributed by atoms with Crippen molar-refractivity contribution in [2.75, 3.05) is 27.2 Å². The molecule has 0 atom stereocenters. The van der Waals surface area contributed by atoms with E-state index in [1.165, 1.54) is 5.56 Å². The van der Waals surface area contributed by atoms with Gasteiger partial charge in [0.15, 0.2) is 6.07 Å². The summed E-state index contributed by atoms with van der Waals surface area (Å²) in [5, 5.41) is 0. The molecule has 0 unspecified atom stereocenters. The highest BCUT2D eigenvalue weighted by molar-refractivity contribution is 6.17. The predicted molar refractivity (Wildman–Crippen MR) is 62.1 cm³/mol. The Hall–Kier alpha value is -0.730. The van der Waals surface area contributed by atoms with Gasteiger partial charge in [-0.25, -0.2) is 0 Å². The minimum atomic E-state index is 0.211. The third-order valence-corrected chi connectivity index (χ3v) is 1.35. The van der Waals surface area contributed by atoms with Crippen molar-refractivity contribution in [2.45, 2.75) is 6.92 Å². The van der Waals surface area contributed by atoms with Crippen LogP contribution in [0.4, 0.5) is 0 Å². The largest absolute Gasteiger partial charge is 0.478 e. The molecule has 1 rings (SSSR count). The second kappa shape index (κ2) is 7.65. The van der Waals surface area contributed by atoms with Crippen molar-refractivity contribution in [1.29, 1.82) is 0 Å². The van der Waals surface area contributed by atoms with Gasteiger partial charge in [0.05, 0.1) is 0 Å². The summed E-state index contributed by atoms with van der Waals surface area (Å²) in [6.07, 6.45) is 0. The van der Waals surface area contributed by atoms with Gasteiger partial charge in [-0.1, -0.05) is 29.3 Å². The SMILES string of the molecule is CN(C)C.Cc1ccc(OCCl)cc1. The highest BCUT2D eigenvalue weighted by Crippen LogP contribution is 2.11. The summed E-state index contributed by atoms with van der Waals surface area (Å²) in [4.78, 5) is 2.00. The van der Waals surface area contributed by atoms with Crippen LogP contribution in [-0.4, -0.2) is 32.1 Å². The highest BCUT2D eigenvalue weighted by Gasteiger charge is 1.88. The first kappa shape index (κ1) is 13.3. The molecule has 0 N–H and O–H groups in total. The van der Waals surface area contributed by atoms with E-state index in [9.17, 15) is 0 Å². The highest BCUT2D eigenvalue weighted by atomic mass is 35.5. The first-order valence-corrected chi connectivity index (χ1v) is 4.96. The second-order valence-electron chi connectivity index (χ2n) is 3.41. The molecule has 0 aliphatic carbocycles. The van der Waals surface area contributed by atoms with Gasteiger partial charge >= 0.3 is 0 Å². The molecule has 0 amide bonds. The Balaban J connectivity index is 0.000000364. The monoisotopic (exact) mass is 215 g/mol. The Bertz CT molecular complexity index is 231. The molecule has 0 aromatic heterocycles. The van der Waals surface area contributed by atoms with Crippen LogP contribution in [0, 0.1) is 6.92 Å². The van der Waals surface area contributed by atoms with Crippen LogP contribution in [0.3, 0.4) is 0 Å². The molecule has 0 aliphatic heterocycles. The molecule has 0 saturated carbocycles. The maximum atomic E-state index is 5.35. The Morgan fingerprint density at radius 1 is 1.14 bits per heavy atom. The van der Waals surface area contributed by atoms with Crippen molar-refractivity contribution < 1.29 is 4.74 Å². The normalized spacial score (nSPS) is 9.29. The Kier molecular flexibility index (Phi) is 7.25. The van der Waals surface area contributed by atoms with E-state index in [-0.39, 0.29) is 6.07 Å². The fourth-order valence-corrected chi connectivity index (χ4v) is 0.823.